The standard InChI is InChI=1S/C34H32N2O4/c1-25-34(38)36(22-8-13-26-9-4-2-5-10-26)31-23-29(17-20-32(31)40-25)35-33(37)21-16-27-14-18-30(19-15-27)39-24-28-11-6-3-7-12-28/h2-7,9-12,14-21,23,25H,8,13,22,24H2,1H3,(H,35,37)/b21-16+. The molecule has 1 atom stereocenters. The molecule has 1 aliphatic rings. The van der Waals surface area contributed by atoms with Gasteiger partial charge in [0.05, 0.1) is 5.69 Å². The van der Waals surface area contributed by atoms with Crippen LogP contribution in [0.3, 0.4) is 0 Å². The number of hydrogen-bond acceptors (Lipinski definition) is 4. The van der Waals surface area contributed by atoms with Crippen LogP contribution >= 0.6 is 0 Å². The van der Waals surface area contributed by atoms with Gasteiger partial charge in [-0.1, -0.05) is 72.8 Å². The third-order valence-corrected chi connectivity index (χ3v) is 6.68. The van der Waals surface area contributed by atoms with E-state index in [9.17, 15) is 9.59 Å². The average molecular weight is 533 g/mol. The highest BCUT2D eigenvalue weighted by atomic mass is 16.5. The van der Waals surface area contributed by atoms with E-state index in [4.69, 9.17) is 9.47 Å². The van der Waals surface area contributed by atoms with Gasteiger partial charge in [-0.15, -0.1) is 0 Å². The molecule has 0 saturated heterocycles. The Morgan fingerprint density at radius 2 is 1.62 bits per heavy atom. The van der Waals surface area contributed by atoms with Crippen LogP contribution in [0, 0.1) is 0 Å². The molecule has 0 saturated carbocycles. The number of nitrogens with zero attached hydrogens (tertiary/aromatic N) is 1. The summed E-state index contributed by atoms with van der Waals surface area (Å²) < 4.78 is 11.7. The minimum atomic E-state index is -0.553. The van der Waals surface area contributed by atoms with Gasteiger partial charge in [-0.05, 0) is 72.9 Å². The van der Waals surface area contributed by atoms with Crippen molar-refractivity contribution in [2.24, 2.45) is 0 Å². The van der Waals surface area contributed by atoms with Crippen molar-refractivity contribution in [3.63, 3.8) is 0 Å². The van der Waals surface area contributed by atoms with Gasteiger partial charge in [0, 0.05) is 18.3 Å². The molecule has 5 rings (SSSR count). The highest BCUT2D eigenvalue weighted by Crippen LogP contribution is 2.36. The van der Waals surface area contributed by atoms with Gasteiger partial charge < -0.3 is 19.7 Å². The monoisotopic (exact) mass is 532 g/mol. The first kappa shape index (κ1) is 26.8. The van der Waals surface area contributed by atoms with E-state index in [1.165, 1.54) is 11.6 Å². The average Bonchev–Trinajstić information content (AvgIpc) is 2.99. The van der Waals surface area contributed by atoms with E-state index in [1.54, 1.807) is 36.1 Å². The Hall–Kier alpha value is -4.84. The fraction of sp³-hybridized carbons (Fsp3) is 0.176. The van der Waals surface area contributed by atoms with Crippen molar-refractivity contribution in [1.29, 1.82) is 0 Å². The molecule has 0 radical (unpaired) electrons. The van der Waals surface area contributed by atoms with Gasteiger partial charge in [-0.2, -0.15) is 0 Å². The number of aryl methyl sites for hydroxylation is 1. The van der Waals surface area contributed by atoms with E-state index in [0.717, 1.165) is 29.7 Å². The number of nitrogens with one attached hydrogen (secondary N) is 1. The lowest BCUT2D eigenvalue weighted by molar-refractivity contribution is -0.125. The zero-order valence-electron chi connectivity index (χ0n) is 22.5. The van der Waals surface area contributed by atoms with Gasteiger partial charge in [0.25, 0.3) is 5.91 Å². The SMILES string of the molecule is CC1Oc2ccc(NC(=O)/C=C/c3ccc(OCc4ccccc4)cc3)cc2N(CCCc2ccccc2)C1=O. The Labute approximate surface area is 234 Å². The van der Waals surface area contributed by atoms with E-state index in [0.29, 0.717) is 30.3 Å². The molecule has 4 aromatic rings. The minimum absolute atomic E-state index is 0.0832. The van der Waals surface area contributed by atoms with Crippen LogP contribution in [0.2, 0.25) is 0 Å². The molecule has 6 nitrogen and oxygen atoms in total. The molecule has 0 aromatic heterocycles. The molecule has 6 heteroatoms. The molecular weight excluding hydrogens is 500 g/mol. The minimum Gasteiger partial charge on any atom is -0.489 e. The first-order valence-electron chi connectivity index (χ1n) is 13.5. The van der Waals surface area contributed by atoms with E-state index in [1.807, 2.05) is 72.8 Å². The number of rotatable bonds is 10. The highest BCUT2D eigenvalue weighted by molar-refractivity contribution is 6.04. The Kier molecular flexibility index (Phi) is 8.57. The van der Waals surface area contributed by atoms with Crippen molar-refractivity contribution in [2.75, 3.05) is 16.8 Å². The smallest absolute Gasteiger partial charge is 0.267 e. The molecule has 0 fully saturated rings. The number of benzene rings is 4. The summed E-state index contributed by atoms with van der Waals surface area (Å²) in [5.74, 6) is 1.05. The van der Waals surface area contributed by atoms with Crippen LogP contribution in [-0.4, -0.2) is 24.5 Å². The van der Waals surface area contributed by atoms with Crippen LogP contribution in [-0.2, 0) is 22.6 Å². The predicted octanol–water partition coefficient (Wildman–Crippen LogP) is 6.66. The fourth-order valence-electron chi connectivity index (χ4n) is 4.57. The zero-order chi connectivity index (χ0) is 27.7. The lowest BCUT2D eigenvalue weighted by Gasteiger charge is -2.33. The predicted molar refractivity (Wildman–Crippen MR) is 159 cm³/mol. The number of anilines is 2. The molecule has 0 aliphatic carbocycles. The van der Waals surface area contributed by atoms with Crippen LogP contribution in [0.1, 0.15) is 30.0 Å². The van der Waals surface area contributed by atoms with E-state index in [-0.39, 0.29) is 11.8 Å². The zero-order valence-corrected chi connectivity index (χ0v) is 22.5. The second-order valence-electron chi connectivity index (χ2n) is 9.69. The molecule has 0 spiro atoms. The van der Waals surface area contributed by atoms with Gasteiger partial charge in [-0.25, -0.2) is 0 Å². The van der Waals surface area contributed by atoms with Crippen molar-refractivity contribution < 1.29 is 19.1 Å². The maximum absolute atomic E-state index is 13.0. The summed E-state index contributed by atoms with van der Waals surface area (Å²) in [7, 11) is 0. The van der Waals surface area contributed by atoms with E-state index in [2.05, 4.69) is 17.4 Å². The Balaban J connectivity index is 1.19. The molecule has 1 N–H and O–H groups in total. The van der Waals surface area contributed by atoms with Gasteiger partial charge in [-0.3, -0.25) is 9.59 Å². The molecule has 4 aromatic carbocycles. The van der Waals surface area contributed by atoms with Crippen LogP contribution in [0.25, 0.3) is 6.08 Å². The number of carbonyl (C=O) groups is 2. The van der Waals surface area contributed by atoms with Crippen LogP contribution in [0.4, 0.5) is 11.4 Å². The Morgan fingerprint density at radius 1 is 0.925 bits per heavy atom. The number of fused-ring (bicyclic) bond motifs is 1. The number of hydrogen-bond donors (Lipinski definition) is 1. The number of amides is 2. The maximum Gasteiger partial charge on any atom is 0.267 e. The fourth-order valence-corrected chi connectivity index (χ4v) is 4.57. The van der Waals surface area contributed by atoms with E-state index >= 15 is 0 Å². The third kappa shape index (κ3) is 6.97. The van der Waals surface area contributed by atoms with Crippen LogP contribution < -0.4 is 19.7 Å². The summed E-state index contributed by atoms with van der Waals surface area (Å²) in [5, 5.41) is 2.90. The van der Waals surface area contributed by atoms with Crippen molar-refractivity contribution in [1.82, 2.24) is 0 Å². The lowest BCUT2D eigenvalue weighted by atomic mass is 10.1. The van der Waals surface area contributed by atoms with E-state index < -0.39 is 6.10 Å². The summed E-state index contributed by atoms with van der Waals surface area (Å²) in [5.41, 5.74) is 4.48. The normalized spacial score (nSPS) is 14.5. The van der Waals surface area contributed by atoms with Crippen LogP contribution in [0.5, 0.6) is 11.5 Å². The van der Waals surface area contributed by atoms with Crippen LogP contribution in [0.15, 0.2) is 109 Å². The molecular formula is C34H32N2O4. The van der Waals surface area contributed by atoms with Crippen molar-refractivity contribution in [2.45, 2.75) is 32.5 Å². The van der Waals surface area contributed by atoms with Crippen molar-refractivity contribution in [3.8, 4) is 11.5 Å². The second kappa shape index (κ2) is 12.8. The van der Waals surface area contributed by atoms with Crippen molar-refractivity contribution in [3.05, 3.63) is 126 Å². The lowest BCUT2D eigenvalue weighted by Crippen LogP contribution is -2.45. The largest absolute Gasteiger partial charge is 0.489 e. The van der Waals surface area contributed by atoms with Gasteiger partial charge in [0.1, 0.15) is 18.1 Å². The molecule has 1 unspecified atom stereocenters. The van der Waals surface area contributed by atoms with Gasteiger partial charge >= 0.3 is 0 Å². The molecule has 40 heavy (non-hydrogen) atoms. The van der Waals surface area contributed by atoms with Gasteiger partial charge in [0.15, 0.2) is 6.10 Å². The Bertz CT molecular complexity index is 1470. The third-order valence-electron chi connectivity index (χ3n) is 6.68. The summed E-state index contributed by atoms with van der Waals surface area (Å²) in [6.45, 7) is 2.83. The quantitative estimate of drug-likeness (QED) is 0.232. The topological polar surface area (TPSA) is 67.9 Å². The first-order chi connectivity index (χ1) is 19.5. The second-order valence-corrected chi connectivity index (χ2v) is 9.69. The first-order valence-corrected chi connectivity index (χ1v) is 13.5. The maximum atomic E-state index is 13.0. The van der Waals surface area contributed by atoms with Crippen molar-refractivity contribution >= 4 is 29.3 Å². The highest BCUT2D eigenvalue weighted by Gasteiger charge is 2.31. The molecule has 1 aliphatic heterocycles. The Morgan fingerprint density at radius 3 is 2.35 bits per heavy atom. The molecule has 0 bridgehead atoms. The summed E-state index contributed by atoms with van der Waals surface area (Å²) >= 11 is 0. The number of ether oxygens (including phenoxy) is 2. The number of carbonyl (C=O) groups excluding carboxylic acids is 2. The van der Waals surface area contributed by atoms with Gasteiger partial charge in [0.2, 0.25) is 5.91 Å². The summed E-state index contributed by atoms with van der Waals surface area (Å²) in [4.78, 5) is 27.4. The summed E-state index contributed by atoms with van der Waals surface area (Å²) in [6.07, 6.45) is 4.37. The summed E-state index contributed by atoms with van der Waals surface area (Å²) in [6, 6.07) is 33.2. The molecule has 2 amide bonds. The molecule has 202 valence electrons. The molecule has 1 heterocycles.